The number of aliphatic imine (C=N–C) groups is 1. The van der Waals surface area contributed by atoms with E-state index in [4.69, 9.17) is 9.47 Å². The third-order valence-electron chi connectivity index (χ3n) is 4.78. The summed E-state index contributed by atoms with van der Waals surface area (Å²) in [6.45, 7) is 1.04. The standard InChI is InChI=1S/C20H22FN3O2.HI/c1-22-20(24-17-11-15(17)14-4-2-3-5-16(14)21)23-9-8-13-6-7-18-19(10-13)26-12-25-18;/h2-7,10,15,17H,8-9,11-12H2,1H3,(H2,22,23,24);1H. The zero-order valence-corrected chi connectivity index (χ0v) is 17.4. The highest BCUT2D eigenvalue weighted by atomic mass is 127. The molecule has 1 fully saturated rings. The van der Waals surface area contributed by atoms with Gasteiger partial charge in [-0.2, -0.15) is 0 Å². The quantitative estimate of drug-likeness (QED) is 0.389. The fraction of sp³-hybridized carbons (Fsp3) is 0.350. The lowest BCUT2D eigenvalue weighted by Crippen LogP contribution is -2.39. The molecule has 4 rings (SSSR count). The first-order valence-corrected chi connectivity index (χ1v) is 8.85. The number of ether oxygens (including phenoxy) is 2. The predicted molar refractivity (Wildman–Crippen MR) is 114 cm³/mol. The van der Waals surface area contributed by atoms with Crippen LogP contribution in [0.15, 0.2) is 47.5 Å². The zero-order chi connectivity index (χ0) is 17.9. The van der Waals surface area contributed by atoms with Crippen molar-refractivity contribution >= 4 is 29.9 Å². The van der Waals surface area contributed by atoms with Crippen LogP contribution >= 0.6 is 24.0 Å². The Morgan fingerprint density at radius 3 is 2.81 bits per heavy atom. The molecule has 27 heavy (non-hydrogen) atoms. The summed E-state index contributed by atoms with van der Waals surface area (Å²) < 4.78 is 24.6. The van der Waals surface area contributed by atoms with Crippen molar-refractivity contribution in [2.75, 3.05) is 20.4 Å². The van der Waals surface area contributed by atoms with Crippen LogP contribution in [0.4, 0.5) is 4.39 Å². The molecule has 1 heterocycles. The Labute approximate surface area is 175 Å². The topological polar surface area (TPSA) is 54.9 Å². The number of nitrogens with one attached hydrogen (secondary N) is 2. The Kier molecular flexibility index (Phi) is 6.41. The van der Waals surface area contributed by atoms with Gasteiger partial charge in [-0.15, -0.1) is 24.0 Å². The van der Waals surface area contributed by atoms with Crippen molar-refractivity contribution in [3.63, 3.8) is 0 Å². The van der Waals surface area contributed by atoms with Gasteiger partial charge in [-0.1, -0.05) is 24.3 Å². The lowest BCUT2D eigenvalue weighted by atomic mass is 10.1. The number of rotatable bonds is 5. The third kappa shape index (κ3) is 4.63. The molecular formula is C20H23FIN3O2. The van der Waals surface area contributed by atoms with Crippen molar-refractivity contribution < 1.29 is 13.9 Å². The van der Waals surface area contributed by atoms with Gasteiger partial charge in [-0.05, 0) is 42.2 Å². The summed E-state index contributed by atoms with van der Waals surface area (Å²) >= 11 is 0. The van der Waals surface area contributed by atoms with E-state index in [0.29, 0.717) is 0 Å². The largest absolute Gasteiger partial charge is 0.454 e. The minimum atomic E-state index is -0.132. The average Bonchev–Trinajstić information content (AvgIpc) is 3.25. The number of fused-ring (bicyclic) bond motifs is 1. The summed E-state index contributed by atoms with van der Waals surface area (Å²) in [5.74, 6) is 2.42. The normalized spacial score (nSPS) is 20.0. The van der Waals surface area contributed by atoms with Gasteiger partial charge in [0.05, 0.1) is 0 Å². The maximum Gasteiger partial charge on any atom is 0.231 e. The van der Waals surface area contributed by atoms with Crippen LogP contribution in [0.3, 0.4) is 0 Å². The van der Waals surface area contributed by atoms with Crippen LogP contribution in [0.1, 0.15) is 23.5 Å². The molecule has 2 N–H and O–H groups in total. The molecule has 2 atom stereocenters. The first-order valence-electron chi connectivity index (χ1n) is 8.85. The molecule has 5 nitrogen and oxygen atoms in total. The number of halogens is 2. The summed E-state index contributed by atoms with van der Waals surface area (Å²) in [4.78, 5) is 4.26. The maximum absolute atomic E-state index is 13.9. The summed E-state index contributed by atoms with van der Waals surface area (Å²) in [7, 11) is 1.75. The summed E-state index contributed by atoms with van der Waals surface area (Å²) in [6.07, 6.45) is 1.77. The number of benzene rings is 2. The molecule has 0 bridgehead atoms. The fourth-order valence-corrected chi connectivity index (χ4v) is 3.27. The van der Waals surface area contributed by atoms with Crippen LogP contribution < -0.4 is 20.1 Å². The lowest BCUT2D eigenvalue weighted by molar-refractivity contribution is 0.174. The maximum atomic E-state index is 13.9. The second-order valence-electron chi connectivity index (χ2n) is 6.55. The van der Waals surface area contributed by atoms with Gasteiger partial charge in [0.15, 0.2) is 17.5 Å². The molecule has 2 aromatic rings. The lowest BCUT2D eigenvalue weighted by Gasteiger charge is -2.12. The van der Waals surface area contributed by atoms with Gasteiger partial charge < -0.3 is 20.1 Å². The van der Waals surface area contributed by atoms with E-state index < -0.39 is 0 Å². The molecule has 7 heteroatoms. The van der Waals surface area contributed by atoms with E-state index in [2.05, 4.69) is 15.6 Å². The Morgan fingerprint density at radius 1 is 1.19 bits per heavy atom. The molecule has 2 unspecified atom stereocenters. The van der Waals surface area contributed by atoms with E-state index in [-0.39, 0.29) is 48.5 Å². The van der Waals surface area contributed by atoms with Gasteiger partial charge in [-0.25, -0.2) is 4.39 Å². The van der Waals surface area contributed by atoms with Gasteiger partial charge in [0.25, 0.3) is 0 Å². The van der Waals surface area contributed by atoms with E-state index in [1.54, 1.807) is 13.1 Å². The summed E-state index contributed by atoms with van der Waals surface area (Å²) in [6, 6.07) is 13.2. The molecule has 1 aliphatic carbocycles. The van der Waals surface area contributed by atoms with Crippen molar-refractivity contribution in [1.82, 2.24) is 10.6 Å². The second kappa shape index (κ2) is 8.77. The number of hydrogen-bond donors (Lipinski definition) is 2. The highest BCUT2D eigenvalue weighted by Gasteiger charge is 2.40. The average molecular weight is 483 g/mol. The molecule has 1 aliphatic heterocycles. The molecule has 2 aliphatic rings. The van der Waals surface area contributed by atoms with Gasteiger partial charge in [0.1, 0.15) is 5.82 Å². The minimum Gasteiger partial charge on any atom is -0.454 e. The minimum absolute atomic E-state index is 0. The Bertz CT molecular complexity index is 831. The van der Waals surface area contributed by atoms with Crippen LogP contribution in [0.2, 0.25) is 0 Å². The first-order chi connectivity index (χ1) is 12.7. The van der Waals surface area contributed by atoms with E-state index in [1.165, 1.54) is 11.6 Å². The molecule has 144 valence electrons. The monoisotopic (exact) mass is 483 g/mol. The molecule has 0 amide bonds. The van der Waals surface area contributed by atoms with Crippen molar-refractivity contribution in [3.05, 3.63) is 59.4 Å². The smallest absolute Gasteiger partial charge is 0.231 e. The number of hydrogen-bond acceptors (Lipinski definition) is 3. The van der Waals surface area contributed by atoms with Crippen LogP contribution in [0.25, 0.3) is 0 Å². The van der Waals surface area contributed by atoms with Crippen LogP contribution in [-0.4, -0.2) is 32.4 Å². The SMILES string of the molecule is CN=C(NCCc1ccc2c(c1)OCO2)NC1CC1c1ccccc1F.I. The van der Waals surface area contributed by atoms with Crippen LogP contribution in [0.5, 0.6) is 11.5 Å². The van der Waals surface area contributed by atoms with E-state index >= 15 is 0 Å². The van der Waals surface area contributed by atoms with Gasteiger partial charge >= 0.3 is 0 Å². The Balaban J connectivity index is 0.00000210. The second-order valence-corrected chi connectivity index (χ2v) is 6.55. The van der Waals surface area contributed by atoms with Gasteiger partial charge in [0.2, 0.25) is 6.79 Å². The highest BCUT2D eigenvalue weighted by Crippen LogP contribution is 2.41. The highest BCUT2D eigenvalue weighted by molar-refractivity contribution is 14.0. The fourth-order valence-electron chi connectivity index (χ4n) is 3.27. The summed E-state index contributed by atoms with van der Waals surface area (Å²) in [5.41, 5.74) is 1.95. The third-order valence-corrected chi connectivity index (χ3v) is 4.78. The number of guanidine groups is 1. The predicted octanol–water partition coefficient (Wildman–Crippen LogP) is 3.44. The van der Waals surface area contributed by atoms with Crippen molar-refractivity contribution in [3.8, 4) is 11.5 Å². The van der Waals surface area contributed by atoms with Crippen molar-refractivity contribution in [2.45, 2.75) is 24.8 Å². The molecule has 0 aromatic heterocycles. The Morgan fingerprint density at radius 2 is 2.00 bits per heavy atom. The van der Waals surface area contributed by atoms with Crippen LogP contribution in [0, 0.1) is 5.82 Å². The van der Waals surface area contributed by atoms with E-state index in [0.717, 1.165) is 42.4 Å². The number of nitrogens with zero attached hydrogens (tertiary/aromatic N) is 1. The molecule has 0 saturated heterocycles. The molecule has 2 aromatic carbocycles. The summed E-state index contributed by atoms with van der Waals surface area (Å²) in [5, 5.41) is 6.69. The Hall–Kier alpha value is -2.03. The molecular weight excluding hydrogens is 460 g/mol. The van der Waals surface area contributed by atoms with E-state index in [1.807, 2.05) is 30.3 Å². The van der Waals surface area contributed by atoms with E-state index in [9.17, 15) is 4.39 Å². The van der Waals surface area contributed by atoms with Crippen molar-refractivity contribution in [1.29, 1.82) is 0 Å². The van der Waals surface area contributed by atoms with Gasteiger partial charge in [0, 0.05) is 25.6 Å². The van der Waals surface area contributed by atoms with Crippen LogP contribution in [-0.2, 0) is 6.42 Å². The van der Waals surface area contributed by atoms with Crippen molar-refractivity contribution in [2.24, 2.45) is 4.99 Å². The van der Waals surface area contributed by atoms with Gasteiger partial charge in [-0.3, -0.25) is 4.99 Å². The molecule has 0 spiro atoms. The molecule has 1 saturated carbocycles. The molecule has 0 radical (unpaired) electrons. The zero-order valence-electron chi connectivity index (χ0n) is 15.1. The first kappa shape index (κ1) is 19.7.